The van der Waals surface area contributed by atoms with Crippen LogP contribution in [0.2, 0.25) is 0 Å². The van der Waals surface area contributed by atoms with Crippen molar-refractivity contribution >= 4 is 23.2 Å². The highest BCUT2D eigenvalue weighted by Gasteiger charge is 2.11. The molecule has 27 heavy (non-hydrogen) atoms. The molecule has 0 radical (unpaired) electrons. The molecule has 136 valence electrons. The molecule has 2 N–H and O–H groups in total. The van der Waals surface area contributed by atoms with Gasteiger partial charge < -0.3 is 10.6 Å². The van der Waals surface area contributed by atoms with Crippen molar-refractivity contribution in [3.8, 4) is 0 Å². The molecule has 0 aliphatic heterocycles. The number of aryl methyl sites for hydroxylation is 1. The van der Waals surface area contributed by atoms with Crippen molar-refractivity contribution in [2.45, 2.75) is 13.3 Å². The molecule has 0 aromatic heterocycles. The van der Waals surface area contributed by atoms with Crippen molar-refractivity contribution in [3.63, 3.8) is 0 Å². The zero-order valence-corrected chi connectivity index (χ0v) is 14.8. The van der Waals surface area contributed by atoms with Crippen molar-refractivity contribution in [1.29, 1.82) is 0 Å². The first kappa shape index (κ1) is 18.3. The summed E-state index contributed by atoms with van der Waals surface area (Å²) in [6.07, 6.45) is 0.818. The Labute approximate surface area is 157 Å². The second kappa shape index (κ2) is 8.27. The lowest BCUT2D eigenvalue weighted by molar-refractivity contribution is 0.101. The summed E-state index contributed by atoms with van der Waals surface area (Å²) in [6.45, 7) is 2.03. The van der Waals surface area contributed by atoms with Crippen LogP contribution in [0.5, 0.6) is 0 Å². The Morgan fingerprint density at radius 1 is 0.778 bits per heavy atom. The van der Waals surface area contributed by atoms with Crippen LogP contribution < -0.4 is 10.6 Å². The molecule has 0 fully saturated rings. The number of anilines is 2. The molecule has 3 aromatic rings. The number of nitrogens with one attached hydrogen (secondary N) is 2. The third-order valence-electron chi connectivity index (χ3n) is 4.16. The lowest BCUT2D eigenvalue weighted by Crippen LogP contribution is -2.15. The number of hydrogen-bond donors (Lipinski definition) is 2. The maximum absolute atomic E-state index is 12.9. The number of para-hydroxylation sites is 1. The first-order valence-corrected chi connectivity index (χ1v) is 8.63. The summed E-state index contributed by atoms with van der Waals surface area (Å²) >= 11 is 0. The Morgan fingerprint density at radius 3 is 1.93 bits per heavy atom. The molecule has 4 nitrogen and oxygen atoms in total. The van der Waals surface area contributed by atoms with Crippen LogP contribution in [0.3, 0.4) is 0 Å². The summed E-state index contributed by atoms with van der Waals surface area (Å²) in [4.78, 5) is 24.7. The van der Waals surface area contributed by atoms with Gasteiger partial charge in [-0.15, -0.1) is 0 Å². The van der Waals surface area contributed by atoms with Crippen LogP contribution in [0.25, 0.3) is 0 Å². The first-order valence-electron chi connectivity index (χ1n) is 8.63. The maximum atomic E-state index is 12.9. The molecule has 0 unspecified atom stereocenters. The number of rotatable bonds is 5. The average Bonchev–Trinajstić information content (AvgIpc) is 2.70. The van der Waals surface area contributed by atoms with Gasteiger partial charge in [-0.3, -0.25) is 9.59 Å². The van der Waals surface area contributed by atoms with Gasteiger partial charge >= 0.3 is 0 Å². The van der Waals surface area contributed by atoms with E-state index in [0.717, 1.165) is 17.7 Å². The van der Waals surface area contributed by atoms with Gasteiger partial charge in [-0.1, -0.05) is 25.1 Å². The molecular formula is C22H19FN2O2. The van der Waals surface area contributed by atoms with Crippen LogP contribution in [0.1, 0.15) is 33.2 Å². The largest absolute Gasteiger partial charge is 0.322 e. The van der Waals surface area contributed by atoms with Crippen LogP contribution in [0, 0.1) is 5.82 Å². The predicted octanol–water partition coefficient (Wildman–Crippen LogP) is 4.89. The summed E-state index contributed by atoms with van der Waals surface area (Å²) in [6, 6.07) is 19.5. The summed E-state index contributed by atoms with van der Waals surface area (Å²) < 4.78 is 12.9. The lowest BCUT2D eigenvalue weighted by atomic mass is 10.1. The Balaban J connectivity index is 1.68. The van der Waals surface area contributed by atoms with E-state index in [9.17, 15) is 14.0 Å². The molecule has 0 saturated heterocycles. The molecule has 0 atom stereocenters. The summed E-state index contributed by atoms with van der Waals surface area (Å²) in [5.74, 6) is -0.931. The summed E-state index contributed by atoms with van der Waals surface area (Å²) in [5, 5.41) is 5.58. The van der Waals surface area contributed by atoms with Gasteiger partial charge in [0.15, 0.2) is 0 Å². The van der Waals surface area contributed by atoms with Crippen LogP contribution in [0.4, 0.5) is 15.8 Å². The molecule has 3 aromatic carbocycles. The highest BCUT2D eigenvalue weighted by atomic mass is 19.1. The maximum Gasteiger partial charge on any atom is 0.255 e. The minimum Gasteiger partial charge on any atom is -0.322 e. The Bertz CT molecular complexity index is 951. The smallest absolute Gasteiger partial charge is 0.255 e. The van der Waals surface area contributed by atoms with E-state index >= 15 is 0 Å². The number of carbonyl (C=O) groups excluding carboxylic acids is 2. The quantitative estimate of drug-likeness (QED) is 0.679. The molecule has 5 heteroatoms. The van der Waals surface area contributed by atoms with Crippen LogP contribution in [-0.4, -0.2) is 11.8 Å². The number of amides is 2. The van der Waals surface area contributed by atoms with E-state index in [1.807, 2.05) is 31.2 Å². The third kappa shape index (κ3) is 4.58. The fourth-order valence-corrected chi connectivity index (χ4v) is 2.65. The Morgan fingerprint density at radius 2 is 1.33 bits per heavy atom. The SMILES string of the molecule is CCc1ccccc1NC(=O)c1ccc(C(=O)Nc2ccc(F)cc2)cc1. The van der Waals surface area contributed by atoms with Gasteiger partial charge in [0, 0.05) is 22.5 Å². The Hall–Kier alpha value is -3.47. The number of halogens is 1. The summed E-state index contributed by atoms with van der Waals surface area (Å²) in [7, 11) is 0. The lowest BCUT2D eigenvalue weighted by Gasteiger charge is -2.10. The van der Waals surface area contributed by atoms with Gasteiger partial charge in [-0.2, -0.15) is 0 Å². The van der Waals surface area contributed by atoms with E-state index < -0.39 is 0 Å². The topological polar surface area (TPSA) is 58.2 Å². The fourth-order valence-electron chi connectivity index (χ4n) is 2.65. The van der Waals surface area contributed by atoms with E-state index in [1.165, 1.54) is 24.3 Å². The third-order valence-corrected chi connectivity index (χ3v) is 4.16. The minimum atomic E-state index is -0.368. The molecule has 0 saturated carbocycles. The second-order valence-electron chi connectivity index (χ2n) is 6.00. The molecule has 2 amide bonds. The molecule has 0 spiro atoms. The van der Waals surface area contributed by atoms with E-state index in [-0.39, 0.29) is 17.6 Å². The molecular weight excluding hydrogens is 343 g/mol. The monoisotopic (exact) mass is 362 g/mol. The van der Waals surface area contributed by atoms with Gasteiger partial charge in [0.1, 0.15) is 5.82 Å². The first-order chi connectivity index (χ1) is 13.1. The van der Waals surface area contributed by atoms with E-state index in [2.05, 4.69) is 10.6 Å². The van der Waals surface area contributed by atoms with Gasteiger partial charge in [0.25, 0.3) is 11.8 Å². The zero-order valence-electron chi connectivity index (χ0n) is 14.8. The highest BCUT2D eigenvalue weighted by Crippen LogP contribution is 2.17. The number of benzene rings is 3. The van der Waals surface area contributed by atoms with E-state index in [4.69, 9.17) is 0 Å². The number of carbonyl (C=O) groups is 2. The van der Waals surface area contributed by atoms with Gasteiger partial charge in [-0.05, 0) is 66.6 Å². The molecule has 0 aliphatic rings. The van der Waals surface area contributed by atoms with Crippen molar-refractivity contribution in [3.05, 3.63) is 95.3 Å². The standard InChI is InChI=1S/C22H19FN2O2/c1-2-15-5-3-4-6-20(15)25-22(27)17-9-7-16(8-10-17)21(26)24-19-13-11-18(23)12-14-19/h3-14H,2H2,1H3,(H,24,26)(H,25,27). The predicted molar refractivity (Wildman–Crippen MR) is 105 cm³/mol. The van der Waals surface area contributed by atoms with E-state index in [0.29, 0.717) is 16.8 Å². The molecule has 0 bridgehead atoms. The van der Waals surface area contributed by atoms with E-state index in [1.54, 1.807) is 24.3 Å². The second-order valence-corrected chi connectivity index (χ2v) is 6.00. The average molecular weight is 362 g/mol. The molecule has 0 heterocycles. The number of hydrogen-bond acceptors (Lipinski definition) is 2. The van der Waals surface area contributed by atoms with Crippen molar-refractivity contribution in [2.75, 3.05) is 10.6 Å². The van der Waals surface area contributed by atoms with Crippen molar-refractivity contribution < 1.29 is 14.0 Å². The zero-order chi connectivity index (χ0) is 19.2. The van der Waals surface area contributed by atoms with Crippen LogP contribution >= 0.6 is 0 Å². The molecule has 0 aliphatic carbocycles. The molecule has 3 rings (SSSR count). The van der Waals surface area contributed by atoms with Crippen LogP contribution in [-0.2, 0) is 6.42 Å². The van der Waals surface area contributed by atoms with Gasteiger partial charge in [0.2, 0.25) is 0 Å². The summed E-state index contributed by atoms with van der Waals surface area (Å²) in [5.41, 5.74) is 3.20. The fraction of sp³-hybridized carbons (Fsp3) is 0.0909. The van der Waals surface area contributed by atoms with Crippen LogP contribution in [0.15, 0.2) is 72.8 Å². The minimum absolute atomic E-state index is 0.235. The normalized spacial score (nSPS) is 10.3. The van der Waals surface area contributed by atoms with Gasteiger partial charge in [0.05, 0.1) is 0 Å². The highest BCUT2D eigenvalue weighted by molar-refractivity contribution is 6.07. The van der Waals surface area contributed by atoms with Gasteiger partial charge in [-0.25, -0.2) is 4.39 Å². The Kier molecular flexibility index (Phi) is 5.61. The van der Waals surface area contributed by atoms with Crippen molar-refractivity contribution in [1.82, 2.24) is 0 Å². The van der Waals surface area contributed by atoms with Crippen molar-refractivity contribution in [2.24, 2.45) is 0 Å².